The predicted octanol–water partition coefficient (Wildman–Crippen LogP) is 4.40. The first-order chi connectivity index (χ1) is 9.90. The highest BCUT2D eigenvalue weighted by Gasteiger charge is 2.19. The molecule has 0 spiro atoms. The summed E-state index contributed by atoms with van der Waals surface area (Å²) in [5, 5.41) is 0.938. The zero-order valence-electron chi connectivity index (χ0n) is 11.0. The Bertz CT molecular complexity index is 635. The summed E-state index contributed by atoms with van der Waals surface area (Å²) in [6.45, 7) is 0. The van der Waals surface area contributed by atoms with E-state index in [1.54, 1.807) is 0 Å². The average molecular weight is 278 g/mol. The lowest BCUT2D eigenvalue weighted by Gasteiger charge is -2.22. The topological polar surface area (TPSA) is 17.1 Å². The van der Waals surface area contributed by atoms with Gasteiger partial charge in [-0.3, -0.25) is 0 Å². The van der Waals surface area contributed by atoms with Crippen LogP contribution >= 0.6 is 8.46 Å². The number of rotatable bonds is 1. The molecule has 0 fully saturated rings. The van der Waals surface area contributed by atoms with Gasteiger partial charge in [0, 0.05) is 5.30 Å². The molecule has 98 valence electrons. The van der Waals surface area contributed by atoms with E-state index in [4.69, 9.17) is 0 Å². The maximum absolute atomic E-state index is 10.2. The van der Waals surface area contributed by atoms with Crippen LogP contribution in [0.25, 0.3) is 22.3 Å². The van der Waals surface area contributed by atoms with Gasteiger partial charge < -0.3 is 4.57 Å². The summed E-state index contributed by atoms with van der Waals surface area (Å²) in [5.74, 6) is 0. The van der Waals surface area contributed by atoms with Crippen molar-refractivity contribution in [3.63, 3.8) is 0 Å². The lowest BCUT2D eigenvalue weighted by molar-refractivity contribution is 0.603. The molecule has 20 heavy (non-hydrogen) atoms. The van der Waals surface area contributed by atoms with Gasteiger partial charge in [0.25, 0.3) is 0 Å². The smallest absolute Gasteiger partial charge is 0.0921 e. The van der Waals surface area contributed by atoms with Crippen molar-refractivity contribution in [1.29, 1.82) is 0 Å². The van der Waals surface area contributed by atoms with Crippen molar-refractivity contribution in [3.05, 3.63) is 78.9 Å². The second kappa shape index (κ2) is 5.90. The zero-order valence-corrected chi connectivity index (χ0v) is 12.1. The van der Waals surface area contributed by atoms with Gasteiger partial charge in [0.1, 0.15) is 0 Å². The van der Waals surface area contributed by atoms with Gasteiger partial charge in [0.05, 0.1) is 8.46 Å². The van der Waals surface area contributed by atoms with Gasteiger partial charge in [-0.25, -0.2) is 0 Å². The quantitative estimate of drug-likeness (QED) is 0.472. The van der Waals surface area contributed by atoms with Gasteiger partial charge >= 0.3 is 0 Å². The van der Waals surface area contributed by atoms with Crippen LogP contribution in [0, 0.1) is 0 Å². The summed E-state index contributed by atoms with van der Waals surface area (Å²) in [7, 11) is -0.739. The fourth-order valence-corrected chi connectivity index (χ4v) is 2.75. The predicted molar refractivity (Wildman–Crippen MR) is 87.3 cm³/mol. The number of benzene rings is 3. The van der Waals surface area contributed by atoms with E-state index in [0.29, 0.717) is 0 Å². The molecule has 4 rings (SSSR count). The summed E-state index contributed by atoms with van der Waals surface area (Å²) in [5.41, 5.74) is 5.59. The molecule has 1 unspecified atom stereocenters. The minimum atomic E-state index is -0.739. The van der Waals surface area contributed by atoms with Crippen LogP contribution < -0.4 is 5.30 Å². The van der Waals surface area contributed by atoms with Crippen LogP contribution in [0.1, 0.15) is 0 Å². The third-order valence-electron chi connectivity index (χ3n) is 3.37. The van der Waals surface area contributed by atoms with E-state index in [9.17, 15) is 4.57 Å². The Morgan fingerprint density at radius 1 is 0.500 bits per heavy atom. The van der Waals surface area contributed by atoms with Crippen LogP contribution in [0.15, 0.2) is 78.9 Å². The second-order valence-electron chi connectivity index (χ2n) is 4.62. The van der Waals surface area contributed by atoms with Gasteiger partial charge in [-0.05, 0) is 22.3 Å². The van der Waals surface area contributed by atoms with Gasteiger partial charge in [0.2, 0.25) is 0 Å². The summed E-state index contributed by atoms with van der Waals surface area (Å²) >= 11 is 0. The van der Waals surface area contributed by atoms with Crippen molar-refractivity contribution in [2.75, 3.05) is 0 Å². The summed E-state index contributed by atoms with van der Waals surface area (Å²) in [6.07, 6.45) is 0. The van der Waals surface area contributed by atoms with Crippen molar-refractivity contribution in [1.82, 2.24) is 0 Å². The first-order valence-corrected chi connectivity index (χ1v) is 7.64. The van der Waals surface area contributed by atoms with Crippen molar-refractivity contribution in [2.45, 2.75) is 0 Å². The minimum absolute atomic E-state index is 0.739. The number of fused-ring (bicyclic) bond motifs is 4. The minimum Gasteiger partial charge on any atom is -0.325 e. The van der Waals surface area contributed by atoms with E-state index in [0.717, 1.165) is 5.30 Å². The Balaban J connectivity index is 0.000000133. The average Bonchev–Trinajstić information content (AvgIpc) is 2.54. The maximum atomic E-state index is 10.2. The standard InChI is InChI=1S/C12H8.C6H7OP/c1-2-6-10-9(5-1)11-7-3-4-8-12(10)11;7-8-6-4-2-1-3-5-6/h1-8H;1-5H,8H2. The molecule has 0 aromatic heterocycles. The molecular formula is C18H15OP. The van der Waals surface area contributed by atoms with Crippen LogP contribution in [0.3, 0.4) is 0 Å². The molecule has 1 nitrogen and oxygen atoms in total. The molecule has 1 atom stereocenters. The van der Waals surface area contributed by atoms with E-state index in [1.165, 1.54) is 22.3 Å². The second-order valence-corrected chi connectivity index (χ2v) is 5.52. The highest BCUT2D eigenvalue weighted by molar-refractivity contribution is 7.34. The lowest BCUT2D eigenvalue weighted by Crippen LogP contribution is -1.96. The van der Waals surface area contributed by atoms with E-state index >= 15 is 0 Å². The van der Waals surface area contributed by atoms with Gasteiger partial charge in [-0.15, -0.1) is 0 Å². The van der Waals surface area contributed by atoms with E-state index < -0.39 is 8.46 Å². The Hall–Kier alpha value is -2.11. The molecule has 0 heterocycles. The van der Waals surface area contributed by atoms with E-state index in [1.807, 2.05) is 30.3 Å². The number of hydrogen-bond acceptors (Lipinski definition) is 1. The van der Waals surface area contributed by atoms with Crippen LogP contribution in [0.2, 0.25) is 0 Å². The Morgan fingerprint density at radius 2 is 0.850 bits per heavy atom. The highest BCUT2D eigenvalue weighted by atomic mass is 31.1. The van der Waals surface area contributed by atoms with Crippen molar-refractivity contribution in [3.8, 4) is 22.3 Å². The maximum Gasteiger partial charge on any atom is 0.0921 e. The van der Waals surface area contributed by atoms with Crippen molar-refractivity contribution >= 4 is 13.8 Å². The molecular weight excluding hydrogens is 263 g/mol. The first-order valence-electron chi connectivity index (χ1n) is 6.59. The summed E-state index contributed by atoms with van der Waals surface area (Å²) < 4.78 is 10.2. The molecule has 0 aliphatic heterocycles. The van der Waals surface area contributed by atoms with Crippen molar-refractivity contribution < 1.29 is 4.57 Å². The molecule has 1 aliphatic rings. The fraction of sp³-hybridized carbons (Fsp3) is 0. The monoisotopic (exact) mass is 278 g/mol. The van der Waals surface area contributed by atoms with E-state index in [2.05, 4.69) is 48.5 Å². The molecule has 0 radical (unpaired) electrons. The molecule has 0 saturated heterocycles. The molecule has 0 amide bonds. The fourth-order valence-electron chi connectivity index (χ4n) is 2.37. The van der Waals surface area contributed by atoms with Crippen LogP contribution in [0.4, 0.5) is 0 Å². The molecule has 3 aromatic rings. The molecule has 0 bridgehead atoms. The molecule has 0 N–H and O–H groups in total. The largest absolute Gasteiger partial charge is 0.325 e. The lowest BCUT2D eigenvalue weighted by atomic mass is 9.81. The van der Waals surface area contributed by atoms with E-state index in [-0.39, 0.29) is 0 Å². The Morgan fingerprint density at radius 3 is 1.15 bits per heavy atom. The molecule has 1 aliphatic carbocycles. The van der Waals surface area contributed by atoms with Crippen LogP contribution in [0.5, 0.6) is 0 Å². The third-order valence-corrected chi connectivity index (χ3v) is 4.03. The van der Waals surface area contributed by atoms with Gasteiger partial charge in [0.15, 0.2) is 0 Å². The normalized spacial score (nSPS) is 11.0. The third kappa shape index (κ3) is 2.45. The van der Waals surface area contributed by atoms with Gasteiger partial charge in [-0.2, -0.15) is 0 Å². The first kappa shape index (κ1) is 12.9. The SMILES string of the molecule is O=[PH2]c1ccccc1.c1ccc2c(c1)-c1ccccc1-2. The number of hydrogen-bond donors (Lipinski definition) is 0. The molecule has 2 heteroatoms. The van der Waals surface area contributed by atoms with Crippen LogP contribution in [-0.2, 0) is 4.57 Å². The highest BCUT2D eigenvalue weighted by Crippen LogP contribution is 2.46. The van der Waals surface area contributed by atoms with Crippen molar-refractivity contribution in [2.24, 2.45) is 0 Å². The Kier molecular flexibility index (Phi) is 3.80. The summed E-state index contributed by atoms with van der Waals surface area (Å²) in [6, 6.07) is 26.5. The molecule has 3 aromatic carbocycles. The summed E-state index contributed by atoms with van der Waals surface area (Å²) in [4.78, 5) is 0. The zero-order chi connectivity index (χ0) is 13.8. The Labute approximate surface area is 120 Å². The van der Waals surface area contributed by atoms with Crippen LogP contribution in [-0.4, -0.2) is 0 Å². The van der Waals surface area contributed by atoms with Gasteiger partial charge in [-0.1, -0.05) is 78.9 Å². The molecule has 0 saturated carbocycles.